The molecule has 2 rings (SSSR count). The number of aromatic carboxylic acids is 1. The van der Waals surface area contributed by atoms with Gasteiger partial charge < -0.3 is 5.11 Å². The Balaban J connectivity index is 2.59. The van der Waals surface area contributed by atoms with Crippen LogP contribution < -0.4 is 11.2 Å². The molecule has 0 aliphatic carbocycles. The number of carboxylic acid groups (broad SMARTS) is 1. The zero-order chi connectivity index (χ0) is 14.0. The summed E-state index contributed by atoms with van der Waals surface area (Å²) in [7, 11) is 0. The third-order valence-electron chi connectivity index (χ3n) is 2.45. The second-order valence-electron chi connectivity index (χ2n) is 3.64. The second-order valence-corrected chi connectivity index (χ2v) is 3.64. The lowest BCUT2D eigenvalue weighted by Crippen LogP contribution is -2.30. The summed E-state index contributed by atoms with van der Waals surface area (Å²) in [6, 6.07) is 7.12. The first-order valence-electron chi connectivity index (χ1n) is 5.13. The minimum Gasteiger partial charge on any atom is -0.478 e. The van der Waals surface area contributed by atoms with E-state index in [1.807, 2.05) is 4.98 Å². The molecule has 94 valence electrons. The van der Waals surface area contributed by atoms with Crippen molar-refractivity contribution in [2.24, 2.45) is 0 Å². The molecular weight excluding hydrogens is 250 g/mol. The molecule has 1 aromatic heterocycles. The molecule has 7 heteroatoms. The molecule has 0 radical (unpaired) electrons. The van der Waals surface area contributed by atoms with Crippen LogP contribution in [0.3, 0.4) is 0 Å². The molecule has 7 nitrogen and oxygen atoms in total. The van der Waals surface area contributed by atoms with Crippen molar-refractivity contribution in [3.8, 4) is 11.8 Å². The zero-order valence-corrected chi connectivity index (χ0v) is 9.45. The third-order valence-corrected chi connectivity index (χ3v) is 2.45. The van der Waals surface area contributed by atoms with Crippen LogP contribution in [0.5, 0.6) is 0 Å². The number of benzene rings is 1. The van der Waals surface area contributed by atoms with E-state index in [1.54, 1.807) is 6.07 Å². The van der Waals surface area contributed by atoms with Gasteiger partial charge in [-0.05, 0) is 24.3 Å². The highest BCUT2D eigenvalue weighted by Crippen LogP contribution is 2.07. The van der Waals surface area contributed by atoms with Gasteiger partial charge in [0.1, 0.15) is 11.6 Å². The summed E-state index contributed by atoms with van der Waals surface area (Å²) in [5, 5.41) is 17.5. The number of aromatic nitrogens is 2. The van der Waals surface area contributed by atoms with Crippen LogP contribution in [0.1, 0.15) is 15.9 Å². The molecule has 1 heterocycles. The van der Waals surface area contributed by atoms with Crippen molar-refractivity contribution < 1.29 is 9.90 Å². The number of nitrogens with zero attached hydrogens (tertiary/aromatic N) is 2. The summed E-state index contributed by atoms with van der Waals surface area (Å²) < 4.78 is 1.06. The quantitative estimate of drug-likeness (QED) is 0.791. The third kappa shape index (κ3) is 2.28. The molecule has 0 bridgehead atoms. The average Bonchev–Trinajstić information content (AvgIpc) is 2.39. The van der Waals surface area contributed by atoms with Crippen LogP contribution in [0, 0.1) is 11.3 Å². The van der Waals surface area contributed by atoms with Gasteiger partial charge in [-0.15, -0.1) is 0 Å². The summed E-state index contributed by atoms with van der Waals surface area (Å²) in [4.78, 5) is 35.5. The van der Waals surface area contributed by atoms with Gasteiger partial charge in [-0.1, -0.05) is 0 Å². The maximum atomic E-state index is 11.6. The number of carboxylic acids is 1. The van der Waals surface area contributed by atoms with Gasteiger partial charge in [-0.3, -0.25) is 14.3 Å². The van der Waals surface area contributed by atoms with Gasteiger partial charge in [0.2, 0.25) is 0 Å². The van der Waals surface area contributed by atoms with Crippen molar-refractivity contribution in [1.82, 2.24) is 9.55 Å². The van der Waals surface area contributed by atoms with Crippen molar-refractivity contribution in [2.45, 2.75) is 0 Å². The summed E-state index contributed by atoms with van der Waals surface area (Å²) in [6.07, 6.45) is 1.11. The topological polar surface area (TPSA) is 116 Å². The molecule has 0 fully saturated rings. The van der Waals surface area contributed by atoms with Gasteiger partial charge in [-0.25, -0.2) is 9.59 Å². The molecule has 1 aromatic carbocycles. The molecule has 0 aliphatic rings. The largest absolute Gasteiger partial charge is 0.478 e. The first-order valence-corrected chi connectivity index (χ1v) is 5.13. The Bertz CT molecular complexity index is 793. The smallest absolute Gasteiger partial charge is 0.335 e. The van der Waals surface area contributed by atoms with E-state index in [0.29, 0.717) is 5.69 Å². The van der Waals surface area contributed by atoms with E-state index in [0.717, 1.165) is 10.8 Å². The van der Waals surface area contributed by atoms with Crippen molar-refractivity contribution in [3.05, 3.63) is 62.4 Å². The Labute approximate surface area is 106 Å². The van der Waals surface area contributed by atoms with Gasteiger partial charge in [0, 0.05) is 6.20 Å². The maximum absolute atomic E-state index is 11.6. The highest BCUT2D eigenvalue weighted by Gasteiger charge is 2.07. The van der Waals surface area contributed by atoms with Crippen molar-refractivity contribution in [2.75, 3.05) is 0 Å². The summed E-state index contributed by atoms with van der Waals surface area (Å²) in [5.74, 6) is -1.09. The van der Waals surface area contributed by atoms with Gasteiger partial charge in [0.25, 0.3) is 5.56 Å². The first-order chi connectivity index (χ1) is 9.02. The molecule has 0 amide bonds. The molecule has 0 atom stereocenters. The number of H-pyrrole nitrogens is 1. The van der Waals surface area contributed by atoms with Crippen molar-refractivity contribution >= 4 is 5.97 Å². The van der Waals surface area contributed by atoms with E-state index in [1.165, 1.54) is 24.3 Å². The Morgan fingerprint density at radius 2 is 1.89 bits per heavy atom. The Kier molecular flexibility index (Phi) is 3.00. The average molecular weight is 257 g/mol. The van der Waals surface area contributed by atoms with Crippen LogP contribution in [0.4, 0.5) is 0 Å². The SMILES string of the molecule is N#Cc1cn(-c2ccc(C(=O)O)cc2)c(=O)[nH]c1=O. The minimum absolute atomic E-state index is 0.0710. The van der Waals surface area contributed by atoms with Crippen LogP contribution in [-0.4, -0.2) is 20.6 Å². The normalized spacial score (nSPS) is 9.84. The number of nitriles is 1. The fraction of sp³-hybridized carbons (Fsp3) is 0. The molecule has 0 unspecified atom stereocenters. The minimum atomic E-state index is -1.09. The lowest BCUT2D eigenvalue weighted by molar-refractivity contribution is 0.0697. The van der Waals surface area contributed by atoms with E-state index < -0.39 is 17.2 Å². The Morgan fingerprint density at radius 3 is 2.42 bits per heavy atom. The predicted molar refractivity (Wildman–Crippen MR) is 64.3 cm³/mol. The molecule has 0 saturated heterocycles. The van der Waals surface area contributed by atoms with Crippen molar-refractivity contribution in [3.63, 3.8) is 0 Å². The summed E-state index contributed by atoms with van der Waals surface area (Å²) in [6.45, 7) is 0. The highest BCUT2D eigenvalue weighted by atomic mass is 16.4. The molecule has 2 aromatic rings. The molecule has 19 heavy (non-hydrogen) atoms. The number of aromatic amines is 1. The van der Waals surface area contributed by atoms with E-state index in [2.05, 4.69) is 0 Å². The van der Waals surface area contributed by atoms with E-state index in [4.69, 9.17) is 10.4 Å². The van der Waals surface area contributed by atoms with Crippen LogP contribution in [0.15, 0.2) is 40.1 Å². The van der Waals surface area contributed by atoms with Crippen LogP contribution in [0.2, 0.25) is 0 Å². The summed E-state index contributed by atoms with van der Waals surface area (Å²) in [5.41, 5.74) is -1.25. The summed E-state index contributed by atoms with van der Waals surface area (Å²) >= 11 is 0. The highest BCUT2D eigenvalue weighted by molar-refractivity contribution is 5.87. The fourth-order valence-electron chi connectivity index (χ4n) is 1.51. The van der Waals surface area contributed by atoms with E-state index in [-0.39, 0.29) is 11.1 Å². The molecular formula is C12H7N3O4. The monoisotopic (exact) mass is 257 g/mol. The van der Waals surface area contributed by atoms with Crippen LogP contribution in [0.25, 0.3) is 5.69 Å². The molecule has 0 spiro atoms. The standard InChI is InChI=1S/C12H7N3O4/c13-5-8-6-15(12(19)14-10(8)16)9-3-1-7(2-4-9)11(17)18/h1-4,6H,(H,17,18)(H,14,16,19). The van der Waals surface area contributed by atoms with Crippen LogP contribution >= 0.6 is 0 Å². The van der Waals surface area contributed by atoms with Crippen molar-refractivity contribution in [1.29, 1.82) is 5.26 Å². The Hall–Kier alpha value is -3.14. The van der Waals surface area contributed by atoms with E-state index >= 15 is 0 Å². The Morgan fingerprint density at radius 1 is 1.26 bits per heavy atom. The second kappa shape index (κ2) is 4.62. The fourth-order valence-corrected chi connectivity index (χ4v) is 1.51. The van der Waals surface area contributed by atoms with E-state index in [9.17, 15) is 14.4 Å². The lowest BCUT2D eigenvalue weighted by atomic mass is 10.2. The lowest BCUT2D eigenvalue weighted by Gasteiger charge is -2.05. The number of carbonyl (C=O) groups is 1. The zero-order valence-electron chi connectivity index (χ0n) is 9.45. The molecule has 0 saturated carbocycles. The predicted octanol–water partition coefficient (Wildman–Crippen LogP) is 0.0957. The number of nitrogens with one attached hydrogen (secondary N) is 1. The number of hydrogen-bond donors (Lipinski definition) is 2. The maximum Gasteiger partial charge on any atom is 0.335 e. The van der Waals surface area contributed by atoms with Gasteiger partial charge >= 0.3 is 11.7 Å². The van der Waals surface area contributed by atoms with Gasteiger partial charge in [0.05, 0.1) is 11.3 Å². The number of hydrogen-bond acceptors (Lipinski definition) is 4. The molecule has 2 N–H and O–H groups in total. The van der Waals surface area contributed by atoms with Crippen LogP contribution in [-0.2, 0) is 0 Å². The van der Waals surface area contributed by atoms with Gasteiger partial charge in [-0.2, -0.15) is 5.26 Å². The number of rotatable bonds is 2. The first kappa shape index (κ1) is 12.3. The molecule has 0 aliphatic heterocycles. The van der Waals surface area contributed by atoms with Gasteiger partial charge in [0.15, 0.2) is 0 Å².